The van der Waals surface area contributed by atoms with Gasteiger partial charge in [-0.05, 0) is 18.2 Å². The van der Waals surface area contributed by atoms with Crippen LogP contribution < -0.4 is 5.76 Å². The number of alkyl halides is 1. The zero-order chi connectivity index (χ0) is 15.6. The lowest BCUT2D eigenvalue weighted by Crippen LogP contribution is -2.23. The SMILES string of the molecule is C[Si](C)(C)CCOCn1c(=O)oc2ccc(F)c(CBr)c21. The molecule has 0 aliphatic carbocycles. The summed E-state index contributed by atoms with van der Waals surface area (Å²) in [4.78, 5) is 11.9. The van der Waals surface area contributed by atoms with Gasteiger partial charge in [0.05, 0.1) is 5.52 Å². The van der Waals surface area contributed by atoms with E-state index in [0.717, 1.165) is 6.04 Å². The first-order valence-corrected chi connectivity index (χ1v) is 11.6. The molecule has 0 saturated carbocycles. The molecule has 0 N–H and O–H groups in total. The fourth-order valence-electron chi connectivity index (χ4n) is 1.99. The fourth-order valence-corrected chi connectivity index (χ4v) is 3.28. The van der Waals surface area contributed by atoms with Crippen molar-refractivity contribution in [3.63, 3.8) is 0 Å². The molecule has 0 unspecified atom stereocenters. The van der Waals surface area contributed by atoms with Crippen molar-refractivity contribution in [2.24, 2.45) is 0 Å². The second-order valence-electron chi connectivity index (χ2n) is 6.15. The molecule has 0 atom stereocenters. The average Bonchev–Trinajstić information content (AvgIpc) is 2.70. The number of nitrogens with zero attached hydrogens (tertiary/aromatic N) is 1. The van der Waals surface area contributed by atoms with Gasteiger partial charge in [-0.1, -0.05) is 35.6 Å². The topological polar surface area (TPSA) is 44.4 Å². The van der Waals surface area contributed by atoms with Gasteiger partial charge in [-0.2, -0.15) is 0 Å². The van der Waals surface area contributed by atoms with Crippen molar-refractivity contribution in [1.82, 2.24) is 4.57 Å². The van der Waals surface area contributed by atoms with Gasteiger partial charge in [0.15, 0.2) is 5.58 Å². The summed E-state index contributed by atoms with van der Waals surface area (Å²) < 4.78 is 25.9. The third-order valence-electron chi connectivity index (χ3n) is 3.23. The number of aromatic nitrogens is 1. The number of rotatable bonds is 6. The Morgan fingerprint density at radius 3 is 2.71 bits per heavy atom. The average molecular weight is 376 g/mol. The summed E-state index contributed by atoms with van der Waals surface area (Å²) in [5, 5.41) is 0.310. The van der Waals surface area contributed by atoms with Crippen LogP contribution >= 0.6 is 15.9 Å². The quantitative estimate of drug-likeness (QED) is 0.436. The highest BCUT2D eigenvalue weighted by molar-refractivity contribution is 9.08. The van der Waals surface area contributed by atoms with Gasteiger partial charge in [0.2, 0.25) is 0 Å². The van der Waals surface area contributed by atoms with E-state index in [-0.39, 0.29) is 12.5 Å². The van der Waals surface area contributed by atoms with Crippen LogP contribution in [-0.2, 0) is 16.8 Å². The lowest BCUT2D eigenvalue weighted by atomic mass is 10.2. The van der Waals surface area contributed by atoms with E-state index in [1.165, 1.54) is 16.7 Å². The molecule has 2 aromatic rings. The molecule has 0 aliphatic rings. The third kappa shape index (κ3) is 3.84. The second-order valence-corrected chi connectivity index (χ2v) is 12.3. The second kappa shape index (κ2) is 6.45. The fraction of sp³-hybridized carbons (Fsp3) is 0.500. The van der Waals surface area contributed by atoms with E-state index >= 15 is 0 Å². The van der Waals surface area contributed by atoms with Crippen LogP contribution in [0, 0.1) is 5.82 Å². The van der Waals surface area contributed by atoms with Crippen LogP contribution in [0.2, 0.25) is 25.7 Å². The summed E-state index contributed by atoms with van der Waals surface area (Å²) in [6.45, 7) is 7.45. The summed E-state index contributed by atoms with van der Waals surface area (Å²) in [6.07, 6.45) is 0. The Morgan fingerprint density at radius 1 is 1.38 bits per heavy atom. The van der Waals surface area contributed by atoms with Gasteiger partial charge >= 0.3 is 5.76 Å². The zero-order valence-corrected chi connectivity index (χ0v) is 15.0. The van der Waals surface area contributed by atoms with E-state index in [0.29, 0.717) is 28.6 Å². The summed E-state index contributed by atoms with van der Waals surface area (Å²) >= 11 is 3.25. The molecule has 0 saturated heterocycles. The van der Waals surface area contributed by atoms with E-state index in [1.807, 2.05) is 0 Å². The van der Waals surface area contributed by atoms with Gasteiger partial charge in [-0.3, -0.25) is 0 Å². The molecule has 0 radical (unpaired) electrons. The van der Waals surface area contributed by atoms with E-state index in [2.05, 4.69) is 35.6 Å². The predicted molar refractivity (Wildman–Crippen MR) is 87.2 cm³/mol. The molecule has 7 heteroatoms. The molecular weight excluding hydrogens is 357 g/mol. The molecule has 0 fully saturated rings. The number of benzene rings is 1. The van der Waals surface area contributed by atoms with Crippen molar-refractivity contribution in [3.05, 3.63) is 34.1 Å². The van der Waals surface area contributed by atoms with E-state index in [4.69, 9.17) is 9.15 Å². The maximum absolute atomic E-state index is 13.8. The predicted octanol–water partition coefficient (Wildman–Crippen LogP) is 3.94. The smallest absolute Gasteiger partial charge is 0.408 e. The summed E-state index contributed by atoms with van der Waals surface area (Å²) in [7, 11) is -1.18. The van der Waals surface area contributed by atoms with E-state index in [1.54, 1.807) is 0 Å². The van der Waals surface area contributed by atoms with Crippen molar-refractivity contribution in [1.29, 1.82) is 0 Å². The summed E-state index contributed by atoms with van der Waals surface area (Å²) in [5.74, 6) is -0.887. The number of ether oxygens (including phenoxy) is 1. The van der Waals surface area contributed by atoms with Gasteiger partial charge in [-0.15, -0.1) is 0 Å². The lowest BCUT2D eigenvalue weighted by Gasteiger charge is -2.15. The van der Waals surface area contributed by atoms with Crippen LogP contribution in [0.25, 0.3) is 11.1 Å². The minimum absolute atomic E-state index is 0.0831. The van der Waals surface area contributed by atoms with Crippen molar-refractivity contribution in [3.8, 4) is 0 Å². The largest absolute Gasteiger partial charge is 0.421 e. The van der Waals surface area contributed by atoms with Gasteiger partial charge in [0, 0.05) is 25.6 Å². The Morgan fingerprint density at radius 2 is 2.10 bits per heavy atom. The summed E-state index contributed by atoms with van der Waals surface area (Å²) in [5.41, 5.74) is 1.25. The van der Waals surface area contributed by atoms with Crippen LogP contribution in [-0.4, -0.2) is 19.2 Å². The highest BCUT2D eigenvalue weighted by Crippen LogP contribution is 2.23. The molecule has 0 bridgehead atoms. The Labute approximate surface area is 132 Å². The molecule has 4 nitrogen and oxygen atoms in total. The van der Waals surface area contributed by atoms with Crippen molar-refractivity contribution < 1.29 is 13.5 Å². The first kappa shape index (κ1) is 16.4. The van der Waals surface area contributed by atoms with Gasteiger partial charge < -0.3 is 9.15 Å². The molecule has 0 spiro atoms. The third-order valence-corrected chi connectivity index (χ3v) is 5.49. The molecule has 2 rings (SSSR count). The van der Waals surface area contributed by atoms with Crippen LogP contribution in [0.1, 0.15) is 5.56 Å². The molecule has 1 aromatic carbocycles. The molecule has 1 heterocycles. The van der Waals surface area contributed by atoms with E-state index in [9.17, 15) is 9.18 Å². The number of halogens is 2. The van der Waals surface area contributed by atoms with Gasteiger partial charge in [0.1, 0.15) is 12.5 Å². The van der Waals surface area contributed by atoms with Crippen molar-refractivity contribution in [2.75, 3.05) is 6.61 Å². The first-order chi connectivity index (χ1) is 9.83. The lowest BCUT2D eigenvalue weighted by molar-refractivity contribution is 0.0849. The monoisotopic (exact) mass is 375 g/mol. The van der Waals surface area contributed by atoms with Crippen LogP contribution in [0.3, 0.4) is 0 Å². The van der Waals surface area contributed by atoms with Crippen molar-refractivity contribution >= 4 is 35.1 Å². The minimum Gasteiger partial charge on any atom is -0.408 e. The normalized spacial score (nSPS) is 12.2. The molecule has 0 amide bonds. The highest BCUT2D eigenvalue weighted by atomic mass is 79.9. The molecule has 116 valence electrons. The minimum atomic E-state index is -1.18. The van der Waals surface area contributed by atoms with Crippen LogP contribution in [0.15, 0.2) is 21.3 Å². The van der Waals surface area contributed by atoms with Crippen LogP contribution in [0.4, 0.5) is 4.39 Å². The molecular formula is C14H19BrFNO3Si. The van der Waals surface area contributed by atoms with Crippen LogP contribution in [0.5, 0.6) is 0 Å². The standard InChI is InChI=1S/C14H19BrFNO3Si/c1-21(2,3)7-6-19-9-17-13-10(8-15)11(16)4-5-12(13)20-14(17)18/h4-5H,6-9H2,1-3H3. The molecule has 21 heavy (non-hydrogen) atoms. The summed E-state index contributed by atoms with van der Waals surface area (Å²) in [6, 6.07) is 3.78. The number of oxazole rings is 1. The number of hydrogen-bond acceptors (Lipinski definition) is 3. The van der Waals surface area contributed by atoms with E-state index < -0.39 is 13.8 Å². The zero-order valence-electron chi connectivity index (χ0n) is 12.4. The Bertz CT molecular complexity index is 690. The Kier molecular flexibility index (Phi) is 5.06. The van der Waals surface area contributed by atoms with Gasteiger partial charge in [-0.25, -0.2) is 13.8 Å². The molecule has 0 aliphatic heterocycles. The maximum atomic E-state index is 13.8. The first-order valence-electron chi connectivity index (χ1n) is 6.78. The molecule has 1 aromatic heterocycles. The Hall–Kier alpha value is -0.923. The number of fused-ring (bicyclic) bond motifs is 1. The Balaban J connectivity index is 2.25. The van der Waals surface area contributed by atoms with Gasteiger partial charge in [0.25, 0.3) is 0 Å². The van der Waals surface area contributed by atoms with Crippen molar-refractivity contribution in [2.45, 2.75) is 37.7 Å². The maximum Gasteiger partial charge on any atom is 0.421 e. The number of hydrogen-bond donors (Lipinski definition) is 0. The highest BCUT2D eigenvalue weighted by Gasteiger charge is 2.17.